The minimum absolute atomic E-state index is 0.152. The Morgan fingerprint density at radius 1 is 1.26 bits per heavy atom. The molecule has 0 saturated heterocycles. The zero-order valence-corrected chi connectivity index (χ0v) is 13.6. The highest BCUT2D eigenvalue weighted by Crippen LogP contribution is 2.33. The maximum Gasteiger partial charge on any atom is 0.400 e. The molecule has 124 valence electrons. The predicted octanol–water partition coefficient (Wildman–Crippen LogP) is 4.46. The minimum Gasteiger partial charge on any atom is -0.432 e. The molecule has 2 unspecified atom stereocenters. The molecule has 0 spiro atoms. The summed E-state index contributed by atoms with van der Waals surface area (Å²) in [6.07, 6.45) is -1.23. The lowest BCUT2D eigenvalue weighted by Crippen LogP contribution is -2.32. The van der Waals surface area contributed by atoms with Gasteiger partial charge in [0.2, 0.25) is 0 Å². The number of hydrogen-bond acceptors (Lipinski definition) is 3. The number of halogens is 2. The quantitative estimate of drug-likeness (QED) is 0.855. The van der Waals surface area contributed by atoms with Crippen LogP contribution in [0.5, 0.6) is 5.75 Å². The third-order valence-electron chi connectivity index (χ3n) is 4.01. The molecule has 0 fully saturated rings. The first-order valence-corrected chi connectivity index (χ1v) is 7.69. The average molecular weight is 320 g/mol. The number of pyridine rings is 1. The summed E-state index contributed by atoms with van der Waals surface area (Å²) in [5, 5.41) is 0. The number of aromatic nitrogens is 1. The van der Waals surface area contributed by atoms with E-state index in [1.807, 2.05) is 12.1 Å². The van der Waals surface area contributed by atoms with Gasteiger partial charge in [-0.25, -0.2) is 0 Å². The summed E-state index contributed by atoms with van der Waals surface area (Å²) < 4.78 is 33.1. The Bertz CT molecular complexity index is 647. The summed E-state index contributed by atoms with van der Waals surface area (Å²) in [4.78, 5) is 4.21. The summed E-state index contributed by atoms with van der Waals surface area (Å²) in [5.41, 5.74) is 8.18. The zero-order valence-electron chi connectivity index (χ0n) is 13.6. The fourth-order valence-corrected chi connectivity index (χ4v) is 2.14. The third kappa shape index (κ3) is 4.05. The van der Waals surface area contributed by atoms with Gasteiger partial charge >= 0.3 is 6.11 Å². The smallest absolute Gasteiger partial charge is 0.400 e. The van der Waals surface area contributed by atoms with E-state index in [0.29, 0.717) is 23.2 Å². The van der Waals surface area contributed by atoms with E-state index in [1.165, 1.54) is 6.92 Å². The van der Waals surface area contributed by atoms with Crippen LogP contribution in [0.3, 0.4) is 0 Å². The molecule has 1 heterocycles. The summed E-state index contributed by atoms with van der Waals surface area (Å²) in [5.74, 6) is -0.714. The number of nitrogens with zero attached hydrogens (tertiary/aromatic N) is 1. The Morgan fingerprint density at radius 2 is 2.00 bits per heavy atom. The molecule has 0 bridgehead atoms. The molecule has 23 heavy (non-hydrogen) atoms. The summed E-state index contributed by atoms with van der Waals surface area (Å²) in [6, 6.07) is 10.1. The largest absolute Gasteiger partial charge is 0.432 e. The molecule has 2 rings (SSSR count). The van der Waals surface area contributed by atoms with Gasteiger partial charge in [0.1, 0.15) is 5.75 Å². The summed E-state index contributed by atoms with van der Waals surface area (Å²) in [6.45, 7) is 4.92. The van der Waals surface area contributed by atoms with Gasteiger partial charge in [-0.3, -0.25) is 4.98 Å². The van der Waals surface area contributed by atoms with Gasteiger partial charge in [0, 0.05) is 6.20 Å². The van der Waals surface area contributed by atoms with Gasteiger partial charge < -0.3 is 10.5 Å². The molecule has 3 nitrogen and oxygen atoms in total. The van der Waals surface area contributed by atoms with Crippen molar-refractivity contribution in [3.8, 4) is 5.75 Å². The van der Waals surface area contributed by atoms with Crippen molar-refractivity contribution in [2.75, 3.05) is 0 Å². The molecule has 1 aromatic heterocycles. The van der Waals surface area contributed by atoms with Crippen LogP contribution in [0.15, 0.2) is 42.6 Å². The lowest BCUT2D eigenvalue weighted by atomic mass is 10.0. The van der Waals surface area contributed by atoms with E-state index < -0.39 is 18.1 Å². The van der Waals surface area contributed by atoms with Crippen LogP contribution in [-0.4, -0.2) is 11.1 Å². The van der Waals surface area contributed by atoms with Crippen LogP contribution in [0, 0.1) is 12.8 Å². The second kappa shape index (κ2) is 7.04. The van der Waals surface area contributed by atoms with Crippen LogP contribution in [-0.2, 0) is 0 Å². The second-order valence-corrected chi connectivity index (χ2v) is 5.73. The monoisotopic (exact) mass is 320 g/mol. The topological polar surface area (TPSA) is 48.1 Å². The Balaban J connectivity index is 2.29. The Morgan fingerprint density at radius 3 is 2.61 bits per heavy atom. The number of benzene rings is 1. The van der Waals surface area contributed by atoms with Crippen molar-refractivity contribution >= 4 is 0 Å². The van der Waals surface area contributed by atoms with Crippen LogP contribution in [0.25, 0.3) is 0 Å². The van der Waals surface area contributed by atoms with E-state index in [1.54, 1.807) is 44.3 Å². The van der Waals surface area contributed by atoms with Gasteiger partial charge in [-0.2, -0.15) is 8.78 Å². The molecule has 1 aromatic carbocycles. The molecule has 0 radical (unpaired) electrons. The number of nitrogens with two attached hydrogens (primary N) is 1. The van der Waals surface area contributed by atoms with E-state index in [-0.39, 0.29) is 5.75 Å². The average Bonchev–Trinajstić information content (AvgIpc) is 2.56. The minimum atomic E-state index is -3.22. The van der Waals surface area contributed by atoms with Gasteiger partial charge in [0.25, 0.3) is 0 Å². The molecule has 2 N–H and O–H groups in total. The predicted molar refractivity (Wildman–Crippen MR) is 86.5 cm³/mol. The number of aryl methyl sites for hydroxylation is 1. The van der Waals surface area contributed by atoms with Crippen LogP contribution in [0.4, 0.5) is 8.78 Å². The van der Waals surface area contributed by atoms with E-state index >= 15 is 0 Å². The van der Waals surface area contributed by atoms with Crippen LogP contribution >= 0.6 is 0 Å². The lowest BCUT2D eigenvalue weighted by Gasteiger charge is -2.25. The van der Waals surface area contributed by atoms with Crippen LogP contribution < -0.4 is 10.5 Å². The van der Waals surface area contributed by atoms with Gasteiger partial charge in [-0.15, -0.1) is 0 Å². The Labute approximate surface area is 135 Å². The van der Waals surface area contributed by atoms with Gasteiger partial charge in [-0.05, 0) is 42.7 Å². The number of hydrogen-bond donors (Lipinski definition) is 1. The van der Waals surface area contributed by atoms with E-state index in [2.05, 4.69) is 4.98 Å². The van der Waals surface area contributed by atoms with Gasteiger partial charge in [0.05, 0.1) is 17.7 Å². The van der Waals surface area contributed by atoms with Gasteiger partial charge in [0.15, 0.2) is 0 Å². The van der Waals surface area contributed by atoms with Crippen molar-refractivity contribution in [2.45, 2.75) is 39.3 Å². The Kier molecular flexibility index (Phi) is 5.31. The number of ether oxygens (including phenoxy) is 1. The Hall–Kier alpha value is -2.01. The molecule has 0 amide bonds. The molecule has 0 aliphatic rings. The van der Waals surface area contributed by atoms with Crippen molar-refractivity contribution in [3.05, 3.63) is 59.4 Å². The van der Waals surface area contributed by atoms with Crippen LogP contribution in [0.2, 0.25) is 0 Å². The first-order valence-electron chi connectivity index (χ1n) is 7.69. The highest BCUT2D eigenvalue weighted by molar-refractivity contribution is 5.40. The van der Waals surface area contributed by atoms with Gasteiger partial charge in [-0.1, -0.05) is 32.0 Å². The van der Waals surface area contributed by atoms with Crippen LogP contribution in [0.1, 0.15) is 43.1 Å². The molecular formula is C18H22F2N2O. The first-order chi connectivity index (χ1) is 10.8. The standard InChI is InChI=1S/C18H22F2N2O/c1-4-13(3)18(19,20)23-16-11-14(9-8-12(16)2)17(21)15-7-5-6-10-22-15/h5-11,13,17H,4,21H2,1-3H3. The van der Waals surface area contributed by atoms with Crippen molar-refractivity contribution in [1.29, 1.82) is 0 Å². The SMILES string of the molecule is CCC(C)C(F)(F)Oc1cc(C(N)c2ccccn2)ccc1C. The third-order valence-corrected chi connectivity index (χ3v) is 4.01. The first kappa shape index (κ1) is 17.3. The fraction of sp³-hybridized carbons (Fsp3) is 0.389. The molecule has 2 atom stereocenters. The van der Waals surface area contributed by atoms with E-state index in [4.69, 9.17) is 10.5 Å². The van der Waals surface area contributed by atoms with Crippen molar-refractivity contribution in [3.63, 3.8) is 0 Å². The second-order valence-electron chi connectivity index (χ2n) is 5.73. The normalized spacial score (nSPS) is 14.3. The van der Waals surface area contributed by atoms with E-state index in [9.17, 15) is 8.78 Å². The molecule has 0 aliphatic heterocycles. The van der Waals surface area contributed by atoms with Crippen molar-refractivity contribution in [1.82, 2.24) is 4.98 Å². The van der Waals surface area contributed by atoms with Crippen molar-refractivity contribution < 1.29 is 13.5 Å². The van der Waals surface area contributed by atoms with Crippen molar-refractivity contribution in [2.24, 2.45) is 11.7 Å². The summed E-state index contributed by atoms with van der Waals surface area (Å²) in [7, 11) is 0. The fourth-order valence-electron chi connectivity index (χ4n) is 2.14. The molecule has 0 aliphatic carbocycles. The number of rotatable bonds is 6. The maximum atomic E-state index is 14.1. The lowest BCUT2D eigenvalue weighted by molar-refractivity contribution is -0.212. The molecule has 0 saturated carbocycles. The molecular weight excluding hydrogens is 298 g/mol. The maximum absolute atomic E-state index is 14.1. The molecule has 5 heteroatoms. The molecule has 2 aromatic rings. The highest BCUT2D eigenvalue weighted by Gasteiger charge is 2.38. The van der Waals surface area contributed by atoms with E-state index in [0.717, 1.165) is 0 Å². The summed E-state index contributed by atoms with van der Waals surface area (Å²) >= 11 is 0. The number of alkyl halides is 2. The highest BCUT2D eigenvalue weighted by atomic mass is 19.3. The zero-order chi connectivity index (χ0) is 17.0.